The van der Waals surface area contributed by atoms with Crippen LogP contribution in [0, 0.1) is 0 Å². The zero-order chi connectivity index (χ0) is 22.1. The molecule has 162 valence electrons. The fourth-order valence-corrected chi connectivity index (χ4v) is 4.35. The van der Waals surface area contributed by atoms with Crippen LogP contribution < -0.4 is 10.2 Å². The molecular formula is C22H21N7O3. The largest absolute Gasteiger partial charge is 0.313 e. The molecule has 0 unspecified atom stereocenters. The number of fused-ring (bicyclic) bond motifs is 5. The van der Waals surface area contributed by atoms with Crippen LogP contribution in [0.15, 0.2) is 48.5 Å². The van der Waals surface area contributed by atoms with E-state index in [1.807, 2.05) is 42.5 Å². The lowest BCUT2D eigenvalue weighted by atomic mass is 10.0. The standard InChI is InChI=1S/C22H21N7O3/c30-18(23-22-24-26-27-25-22)12-2-1-7-13-28-19-14-8-3-4-9-15(14)21(32)29(19)17-11-6-5-10-16(17)20(28)31/h3-6,8-11,19H,1-2,7,12-13H2,(H2,23,24,25,26,27,30)/t19-/m0/s1. The van der Waals surface area contributed by atoms with Gasteiger partial charge in [-0.05, 0) is 36.3 Å². The number of benzene rings is 2. The zero-order valence-electron chi connectivity index (χ0n) is 17.2. The number of carbonyl (C=O) groups excluding carboxylic acids is 3. The second-order valence-corrected chi connectivity index (χ2v) is 7.75. The lowest BCUT2D eigenvalue weighted by Gasteiger charge is -2.41. The number of H-pyrrole nitrogens is 1. The van der Waals surface area contributed by atoms with Gasteiger partial charge >= 0.3 is 0 Å². The number of carbonyl (C=O) groups is 3. The van der Waals surface area contributed by atoms with E-state index in [4.69, 9.17) is 0 Å². The van der Waals surface area contributed by atoms with Gasteiger partial charge in [-0.25, -0.2) is 0 Å². The molecule has 2 aliphatic heterocycles. The number of para-hydroxylation sites is 1. The highest BCUT2D eigenvalue weighted by molar-refractivity contribution is 6.16. The first-order chi connectivity index (χ1) is 15.6. The van der Waals surface area contributed by atoms with E-state index in [0.717, 1.165) is 12.0 Å². The van der Waals surface area contributed by atoms with Crippen molar-refractivity contribution in [1.29, 1.82) is 0 Å². The van der Waals surface area contributed by atoms with Gasteiger partial charge in [0.25, 0.3) is 17.8 Å². The molecular weight excluding hydrogens is 410 g/mol. The summed E-state index contributed by atoms with van der Waals surface area (Å²) in [4.78, 5) is 41.9. The Kier molecular flexibility index (Phi) is 5.10. The third-order valence-corrected chi connectivity index (χ3v) is 5.78. The molecule has 0 radical (unpaired) electrons. The summed E-state index contributed by atoms with van der Waals surface area (Å²) in [6.45, 7) is 0.489. The first kappa shape index (κ1) is 19.9. The average molecular weight is 431 g/mol. The highest BCUT2D eigenvalue weighted by Gasteiger charge is 2.47. The smallest absolute Gasteiger partial charge is 0.269 e. The van der Waals surface area contributed by atoms with E-state index < -0.39 is 6.17 Å². The van der Waals surface area contributed by atoms with Crippen molar-refractivity contribution in [3.8, 4) is 0 Å². The summed E-state index contributed by atoms with van der Waals surface area (Å²) >= 11 is 0. The number of aromatic nitrogens is 4. The summed E-state index contributed by atoms with van der Waals surface area (Å²) < 4.78 is 0. The summed E-state index contributed by atoms with van der Waals surface area (Å²) in [7, 11) is 0. The van der Waals surface area contributed by atoms with Gasteiger partial charge in [0, 0.05) is 24.1 Å². The fourth-order valence-electron chi connectivity index (χ4n) is 4.35. The van der Waals surface area contributed by atoms with E-state index in [0.29, 0.717) is 42.6 Å². The topological polar surface area (TPSA) is 124 Å². The molecule has 2 N–H and O–H groups in total. The number of tetrazole rings is 1. The molecule has 2 aromatic carbocycles. The van der Waals surface area contributed by atoms with E-state index in [9.17, 15) is 14.4 Å². The van der Waals surface area contributed by atoms with Gasteiger partial charge in [-0.2, -0.15) is 5.21 Å². The third-order valence-electron chi connectivity index (χ3n) is 5.78. The molecule has 0 saturated carbocycles. The molecule has 3 aromatic rings. The summed E-state index contributed by atoms with van der Waals surface area (Å²) in [5, 5.41) is 15.6. The molecule has 3 amide bonds. The number of unbranched alkanes of at least 4 members (excludes halogenated alkanes) is 2. The number of amides is 3. The molecule has 10 heteroatoms. The monoisotopic (exact) mass is 431 g/mol. The maximum absolute atomic E-state index is 13.3. The SMILES string of the molecule is O=C(CCCCCN1C(=O)c2ccccc2N2C(=O)c3ccccc3[C@@H]12)Nc1nn[nH]n1. The van der Waals surface area contributed by atoms with Crippen LogP contribution in [-0.2, 0) is 4.79 Å². The first-order valence-corrected chi connectivity index (χ1v) is 10.5. The average Bonchev–Trinajstić information content (AvgIpc) is 3.42. The molecule has 32 heavy (non-hydrogen) atoms. The Morgan fingerprint density at radius 2 is 1.75 bits per heavy atom. The van der Waals surface area contributed by atoms with Gasteiger partial charge in [0.2, 0.25) is 5.91 Å². The van der Waals surface area contributed by atoms with Crippen molar-refractivity contribution in [3.05, 3.63) is 65.2 Å². The second kappa shape index (κ2) is 8.22. The van der Waals surface area contributed by atoms with Crippen LogP contribution in [0.1, 0.15) is 58.1 Å². The van der Waals surface area contributed by atoms with Gasteiger partial charge in [-0.15, -0.1) is 5.10 Å². The Morgan fingerprint density at radius 1 is 0.969 bits per heavy atom. The number of rotatable bonds is 7. The number of nitrogens with zero attached hydrogens (tertiary/aromatic N) is 5. The molecule has 0 spiro atoms. The van der Waals surface area contributed by atoms with Crippen molar-refractivity contribution in [2.24, 2.45) is 0 Å². The zero-order valence-corrected chi connectivity index (χ0v) is 17.2. The second-order valence-electron chi connectivity index (χ2n) is 7.75. The highest BCUT2D eigenvalue weighted by atomic mass is 16.2. The molecule has 2 aliphatic rings. The Labute approximate surface area is 183 Å². The molecule has 0 aliphatic carbocycles. The molecule has 0 fully saturated rings. The Hall–Kier alpha value is -4.08. The third kappa shape index (κ3) is 3.39. The van der Waals surface area contributed by atoms with Crippen molar-refractivity contribution in [3.63, 3.8) is 0 Å². The Balaban J connectivity index is 1.28. The van der Waals surface area contributed by atoms with E-state index in [1.54, 1.807) is 15.9 Å². The maximum atomic E-state index is 13.3. The van der Waals surface area contributed by atoms with E-state index in [-0.39, 0.29) is 23.7 Å². The first-order valence-electron chi connectivity index (χ1n) is 10.5. The maximum Gasteiger partial charge on any atom is 0.269 e. The minimum atomic E-state index is -0.442. The Bertz CT molecular complexity index is 1180. The summed E-state index contributed by atoms with van der Waals surface area (Å²) in [5.41, 5.74) is 2.66. The van der Waals surface area contributed by atoms with Crippen molar-refractivity contribution < 1.29 is 14.4 Å². The summed E-state index contributed by atoms with van der Waals surface area (Å²) in [5.74, 6) is -0.206. The van der Waals surface area contributed by atoms with Crippen molar-refractivity contribution in [2.45, 2.75) is 31.8 Å². The molecule has 5 rings (SSSR count). The molecule has 1 atom stereocenters. The van der Waals surface area contributed by atoms with Crippen LogP contribution in [0.5, 0.6) is 0 Å². The molecule has 0 bridgehead atoms. The van der Waals surface area contributed by atoms with Crippen LogP contribution in [-0.4, -0.2) is 49.8 Å². The number of anilines is 2. The van der Waals surface area contributed by atoms with Gasteiger partial charge < -0.3 is 4.90 Å². The Morgan fingerprint density at radius 3 is 2.56 bits per heavy atom. The highest BCUT2D eigenvalue weighted by Crippen LogP contribution is 2.45. The number of aromatic amines is 1. The number of hydrogen-bond acceptors (Lipinski definition) is 6. The minimum absolute atomic E-state index is 0.0822. The molecule has 10 nitrogen and oxygen atoms in total. The van der Waals surface area contributed by atoms with Crippen LogP contribution in [0.25, 0.3) is 0 Å². The fraction of sp³-hybridized carbons (Fsp3) is 0.273. The predicted molar refractivity (Wildman–Crippen MR) is 115 cm³/mol. The minimum Gasteiger partial charge on any atom is -0.313 e. The van der Waals surface area contributed by atoms with Gasteiger partial charge in [0.15, 0.2) is 0 Å². The van der Waals surface area contributed by atoms with Crippen LogP contribution in [0.2, 0.25) is 0 Å². The quantitative estimate of drug-likeness (QED) is 0.554. The van der Waals surface area contributed by atoms with Crippen molar-refractivity contribution >= 4 is 29.4 Å². The van der Waals surface area contributed by atoms with Crippen LogP contribution >= 0.6 is 0 Å². The van der Waals surface area contributed by atoms with Gasteiger partial charge in [-0.1, -0.05) is 41.9 Å². The van der Waals surface area contributed by atoms with Gasteiger partial charge in [0.05, 0.1) is 11.3 Å². The van der Waals surface area contributed by atoms with Gasteiger partial charge in [0.1, 0.15) is 6.17 Å². The van der Waals surface area contributed by atoms with Gasteiger partial charge in [-0.3, -0.25) is 24.6 Å². The molecule has 0 saturated heterocycles. The van der Waals surface area contributed by atoms with Crippen molar-refractivity contribution in [1.82, 2.24) is 25.5 Å². The normalized spacial score (nSPS) is 16.6. The lowest BCUT2D eigenvalue weighted by Crippen LogP contribution is -2.48. The predicted octanol–water partition coefficient (Wildman–Crippen LogP) is 2.51. The molecule has 1 aromatic heterocycles. The van der Waals surface area contributed by atoms with E-state index in [1.165, 1.54) is 0 Å². The lowest BCUT2D eigenvalue weighted by molar-refractivity contribution is -0.116. The van der Waals surface area contributed by atoms with Crippen LogP contribution in [0.3, 0.4) is 0 Å². The van der Waals surface area contributed by atoms with E-state index >= 15 is 0 Å². The van der Waals surface area contributed by atoms with E-state index in [2.05, 4.69) is 25.9 Å². The molecule has 3 heterocycles. The number of nitrogens with one attached hydrogen (secondary N) is 2. The summed E-state index contributed by atoms with van der Waals surface area (Å²) in [6.07, 6.45) is 2.01. The van der Waals surface area contributed by atoms with Crippen molar-refractivity contribution in [2.75, 3.05) is 16.8 Å². The summed E-state index contributed by atoms with van der Waals surface area (Å²) in [6, 6.07) is 14.7. The number of hydrogen-bond donors (Lipinski definition) is 2. The van der Waals surface area contributed by atoms with Crippen LogP contribution in [0.4, 0.5) is 11.6 Å².